The molecule has 2 N–H and O–H groups in total. The van der Waals surface area contributed by atoms with Crippen LogP contribution in [0.3, 0.4) is 0 Å². The third kappa shape index (κ3) is 7.49. The van der Waals surface area contributed by atoms with Crippen molar-refractivity contribution in [1.82, 2.24) is 5.32 Å². The van der Waals surface area contributed by atoms with Crippen molar-refractivity contribution in [1.29, 1.82) is 0 Å². The summed E-state index contributed by atoms with van der Waals surface area (Å²) in [6, 6.07) is 13.1. The van der Waals surface area contributed by atoms with Crippen LogP contribution in [0.4, 0.5) is 30.7 Å². The van der Waals surface area contributed by atoms with Crippen LogP contribution in [0.1, 0.15) is 27.0 Å². The largest absolute Gasteiger partial charge is 0.507 e. The van der Waals surface area contributed by atoms with E-state index in [0.717, 1.165) is 13.2 Å². The fourth-order valence-corrected chi connectivity index (χ4v) is 4.52. The highest BCUT2D eigenvalue weighted by atomic mass is 35.5. The number of halogens is 8. The van der Waals surface area contributed by atoms with Crippen molar-refractivity contribution in [2.75, 3.05) is 7.11 Å². The number of ether oxygens (including phenoxy) is 1. The Morgan fingerprint density at radius 3 is 1.89 bits per heavy atom. The lowest BCUT2D eigenvalue weighted by molar-refractivity contribution is -0.144. The second-order valence-electron chi connectivity index (χ2n) is 9.61. The van der Waals surface area contributed by atoms with Crippen molar-refractivity contribution in [3.05, 3.63) is 112 Å². The topological polar surface area (TPSA) is 75.6 Å². The molecule has 230 valence electrons. The van der Waals surface area contributed by atoms with Crippen LogP contribution in [0.5, 0.6) is 5.75 Å². The quantitative estimate of drug-likeness (QED) is 0.158. The van der Waals surface area contributed by atoms with Gasteiger partial charge in [0.1, 0.15) is 17.6 Å². The van der Waals surface area contributed by atoms with E-state index in [9.17, 15) is 45.4 Å². The minimum absolute atomic E-state index is 0.0315. The van der Waals surface area contributed by atoms with Gasteiger partial charge in [-0.15, -0.1) is 0 Å². The summed E-state index contributed by atoms with van der Waals surface area (Å²) in [4.78, 5) is 25.6. The second-order valence-corrected chi connectivity index (χ2v) is 10.0. The Morgan fingerprint density at radius 2 is 1.34 bits per heavy atom. The number of amides is 1. The molecular formula is C31H21ClF7NO4. The molecule has 4 rings (SSSR count). The molecule has 13 heteroatoms. The summed E-state index contributed by atoms with van der Waals surface area (Å²) in [5.74, 6) is -2.81. The molecule has 1 amide bonds. The number of phenols is 1. The minimum Gasteiger partial charge on any atom is -0.507 e. The molecule has 0 fully saturated rings. The van der Waals surface area contributed by atoms with Gasteiger partial charge in [-0.1, -0.05) is 48.0 Å². The van der Waals surface area contributed by atoms with Gasteiger partial charge in [0, 0.05) is 6.42 Å². The Labute approximate surface area is 250 Å². The van der Waals surface area contributed by atoms with Crippen LogP contribution in [0.15, 0.2) is 78.9 Å². The number of hydrogen-bond donors (Lipinski definition) is 2. The van der Waals surface area contributed by atoms with Crippen molar-refractivity contribution in [3.8, 4) is 28.0 Å². The summed E-state index contributed by atoms with van der Waals surface area (Å²) in [6.07, 6.45) is -10.2. The number of nitrogens with one attached hydrogen (secondary N) is 1. The molecule has 0 saturated carbocycles. The maximum Gasteiger partial charge on any atom is 0.416 e. The first-order valence-electron chi connectivity index (χ1n) is 12.6. The maximum absolute atomic E-state index is 13.6. The van der Waals surface area contributed by atoms with E-state index in [1.807, 2.05) is 0 Å². The van der Waals surface area contributed by atoms with Crippen LogP contribution in [0, 0.1) is 5.82 Å². The van der Waals surface area contributed by atoms with Gasteiger partial charge in [-0.25, -0.2) is 9.18 Å². The number of rotatable bonds is 7. The highest BCUT2D eigenvalue weighted by molar-refractivity contribution is 6.31. The number of aromatic hydroxyl groups is 1. The zero-order chi connectivity index (χ0) is 32.4. The van der Waals surface area contributed by atoms with Crippen LogP contribution in [-0.2, 0) is 28.3 Å². The number of alkyl halides is 6. The van der Waals surface area contributed by atoms with E-state index in [1.165, 1.54) is 54.6 Å². The van der Waals surface area contributed by atoms with Gasteiger partial charge in [-0.2, -0.15) is 26.3 Å². The SMILES string of the molecule is COC(=O)[C@H](Cc1ccc(-c2cc(C(F)(F)F)cc(C(F)(F)F)c2)cc1)NC(=O)c1cc(-c2ccc(F)c(Cl)c2)ccc1O. The van der Waals surface area contributed by atoms with Gasteiger partial charge in [-0.05, 0) is 70.3 Å². The standard InChI is InChI=1S/C31H21ClF7NO4/c1-44-29(43)26(40-28(42)23-13-18(7-9-27(23)41)19-6-8-25(33)24(32)14-19)10-16-2-4-17(5-3-16)20-11-21(30(34,35)36)15-22(12-20)31(37,38)39/h2-9,11-15,26,41H,10H2,1H3,(H,40,42)/t26-/m0/s1. The summed E-state index contributed by atoms with van der Waals surface area (Å²) in [5, 5.41) is 12.6. The second kappa shape index (κ2) is 12.6. The zero-order valence-electron chi connectivity index (χ0n) is 22.5. The Kier molecular flexibility index (Phi) is 9.24. The molecule has 0 aliphatic heterocycles. The first-order valence-corrected chi connectivity index (χ1v) is 13.0. The van der Waals surface area contributed by atoms with Crippen LogP contribution < -0.4 is 5.32 Å². The first-order chi connectivity index (χ1) is 20.6. The van der Waals surface area contributed by atoms with Crippen LogP contribution in [-0.4, -0.2) is 30.1 Å². The highest BCUT2D eigenvalue weighted by Crippen LogP contribution is 2.39. The average Bonchev–Trinajstić information content (AvgIpc) is 2.97. The summed E-state index contributed by atoms with van der Waals surface area (Å²) >= 11 is 5.84. The van der Waals surface area contributed by atoms with Gasteiger partial charge < -0.3 is 15.2 Å². The minimum atomic E-state index is -5.01. The Balaban J connectivity index is 1.58. The van der Waals surface area contributed by atoms with E-state index in [0.29, 0.717) is 28.8 Å². The molecular weight excluding hydrogens is 619 g/mol. The fourth-order valence-electron chi connectivity index (χ4n) is 4.34. The van der Waals surface area contributed by atoms with Gasteiger partial charge in [-0.3, -0.25) is 4.79 Å². The number of carbonyl (C=O) groups is 2. The smallest absolute Gasteiger partial charge is 0.416 e. The fraction of sp³-hybridized carbons (Fsp3) is 0.161. The number of benzene rings is 4. The molecule has 44 heavy (non-hydrogen) atoms. The highest BCUT2D eigenvalue weighted by Gasteiger charge is 2.37. The van der Waals surface area contributed by atoms with E-state index in [-0.39, 0.29) is 34.2 Å². The first kappa shape index (κ1) is 32.3. The van der Waals surface area contributed by atoms with Crippen LogP contribution in [0.25, 0.3) is 22.3 Å². The number of methoxy groups -OCH3 is 1. The third-order valence-corrected chi connectivity index (χ3v) is 6.89. The van der Waals surface area contributed by atoms with E-state index < -0.39 is 53.0 Å². The van der Waals surface area contributed by atoms with Gasteiger partial charge >= 0.3 is 18.3 Å². The molecule has 0 aliphatic rings. The molecule has 0 radical (unpaired) electrons. The van der Waals surface area contributed by atoms with Crippen LogP contribution >= 0.6 is 11.6 Å². The number of esters is 1. The molecule has 4 aromatic rings. The molecule has 1 atom stereocenters. The van der Waals surface area contributed by atoms with E-state index in [2.05, 4.69) is 5.32 Å². The number of carbonyl (C=O) groups excluding carboxylic acids is 2. The Morgan fingerprint density at radius 1 is 0.795 bits per heavy atom. The summed E-state index contributed by atoms with van der Waals surface area (Å²) in [6.45, 7) is 0. The lowest BCUT2D eigenvalue weighted by Crippen LogP contribution is -2.43. The van der Waals surface area contributed by atoms with Crippen molar-refractivity contribution in [2.45, 2.75) is 24.8 Å². The lowest BCUT2D eigenvalue weighted by atomic mass is 9.97. The van der Waals surface area contributed by atoms with Gasteiger partial charge in [0.2, 0.25) is 0 Å². The van der Waals surface area contributed by atoms with E-state index in [4.69, 9.17) is 16.3 Å². The van der Waals surface area contributed by atoms with Gasteiger partial charge in [0.15, 0.2) is 0 Å². The summed E-state index contributed by atoms with van der Waals surface area (Å²) in [5.41, 5.74) is -2.20. The molecule has 0 heterocycles. The summed E-state index contributed by atoms with van der Waals surface area (Å²) in [7, 11) is 1.08. The van der Waals surface area contributed by atoms with Gasteiger partial charge in [0.25, 0.3) is 5.91 Å². The lowest BCUT2D eigenvalue weighted by Gasteiger charge is -2.18. The third-order valence-electron chi connectivity index (χ3n) is 6.60. The predicted octanol–water partition coefficient (Wildman–Crippen LogP) is 8.07. The predicted molar refractivity (Wildman–Crippen MR) is 147 cm³/mol. The Bertz CT molecular complexity index is 1670. The maximum atomic E-state index is 13.6. The zero-order valence-corrected chi connectivity index (χ0v) is 23.2. The summed E-state index contributed by atoms with van der Waals surface area (Å²) < 4.78 is 98.0. The van der Waals surface area contributed by atoms with Crippen molar-refractivity contribution in [2.24, 2.45) is 0 Å². The normalized spacial score (nSPS) is 12.5. The molecule has 0 aromatic heterocycles. The van der Waals surface area contributed by atoms with Crippen LogP contribution in [0.2, 0.25) is 5.02 Å². The molecule has 4 aromatic carbocycles. The molecule has 0 saturated heterocycles. The van der Waals surface area contributed by atoms with Crippen molar-refractivity contribution >= 4 is 23.5 Å². The molecule has 5 nitrogen and oxygen atoms in total. The molecule has 0 bridgehead atoms. The van der Waals surface area contributed by atoms with Crippen molar-refractivity contribution in [3.63, 3.8) is 0 Å². The average molecular weight is 640 g/mol. The molecule has 0 spiro atoms. The van der Waals surface area contributed by atoms with E-state index >= 15 is 0 Å². The Hall–Kier alpha value is -4.58. The van der Waals surface area contributed by atoms with E-state index in [1.54, 1.807) is 0 Å². The van der Waals surface area contributed by atoms with Gasteiger partial charge in [0.05, 0.1) is 28.8 Å². The number of hydrogen-bond acceptors (Lipinski definition) is 4. The molecule has 0 aliphatic carbocycles. The monoisotopic (exact) mass is 639 g/mol. The van der Waals surface area contributed by atoms with Crippen molar-refractivity contribution < 1.29 is 50.2 Å². The molecule has 0 unspecified atom stereocenters. The number of phenolic OH excluding ortho intramolecular Hbond substituents is 1.